The van der Waals surface area contributed by atoms with Gasteiger partial charge in [0.1, 0.15) is 0 Å². The molecule has 0 saturated heterocycles. The summed E-state index contributed by atoms with van der Waals surface area (Å²) in [7, 11) is 0. The number of primary amides is 1. The standard InChI is InChI=1S/C12H21N3OS/c1-8(2)15(7-11(14)16)12(9(3)13)10-5-4-6-17-10/h4-6,8-9,12H,7,13H2,1-3H3,(H2,14,16). The highest BCUT2D eigenvalue weighted by atomic mass is 32.1. The fourth-order valence-corrected chi connectivity index (χ4v) is 2.93. The molecule has 5 heteroatoms. The fraction of sp³-hybridized carbons (Fsp3) is 0.583. The lowest BCUT2D eigenvalue weighted by Gasteiger charge is -2.35. The Labute approximate surface area is 107 Å². The minimum absolute atomic E-state index is 0.0440. The highest BCUT2D eigenvalue weighted by molar-refractivity contribution is 7.10. The van der Waals surface area contributed by atoms with Crippen LogP contribution in [0.25, 0.3) is 0 Å². The molecule has 0 aliphatic heterocycles. The third kappa shape index (κ3) is 3.80. The van der Waals surface area contributed by atoms with E-state index >= 15 is 0 Å². The number of nitrogens with zero attached hydrogens (tertiary/aromatic N) is 1. The molecule has 2 unspecified atom stereocenters. The monoisotopic (exact) mass is 255 g/mol. The summed E-state index contributed by atoms with van der Waals surface area (Å²) in [4.78, 5) is 14.4. The van der Waals surface area contributed by atoms with E-state index in [1.807, 2.05) is 32.2 Å². The van der Waals surface area contributed by atoms with Crippen LogP contribution in [0.5, 0.6) is 0 Å². The van der Waals surface area contributed by atoms with Gasteiger partial charge in [0, 0.05) is 17.0 Å². The molecule has 0 bridgehead atoms. The first-order valence-corrected chi connectivity index (χ1v) is 6.64. The quantitative estimate of drug-likeness (QED) is 0.805. The lowest BCUT2D eigenvalue weighted by atomic mass is 10.1. The van der Waals surface area contributed by atoms with Crippen molar-refractivity contribution in [3.05, 3.63) is 22.4 Å². The Balaban J connectivity index is 2.97. The first kappa shape index (κ1) is 14.2. The summed E-state index contributed by atoms with van der Waals surface area (Å²) in [5.41, 5.74) is 11.4. The smallest absolute Gasteiger partial charge is 0.231 e. The Morgan fingerprint density at radius 3 is 2.47 bits per heavy atom. The van der Waals surface area contributed by atoms with Crippen LogP contribution < -0.4 is 11.5 Å². The van der Waals surface area contributed by atoms with Gasteiger partial charge in [0.25, 0.3) is 0 Å². The molecule has 1 amide bonds. The van der Waals surface area contributed by atoms with Crippen LogP contribution in [0.3, 0.4) is 0 Å². The minimum Gasteiger partial charge on any atom is -0.369 e. The zero-order valence-electron chi connectivity index (χ0n) is 10.6. The number of nitrogens with two attached hydrogens (primary N) is 2. The number of carbonyl (C=O) groups is 1. The lowest BCUT2D eigenvalue weighted by Crippen LogP contribution is -2.46. The van der Waals surface area contributed by atoms with E-state index < -0.39 is 0 Å². The molecule has 4 nitrogen and oxygen atoms in total. The molecule has 0 saturated carbocycles. The van der Waals surface area contributed by atoms with Crippen molar-refractivity contribution in [3.63, 3.8) is 0 Å². The minimum atomic E-state index is -0.319. The van der Waals surface area contributed by atoms with Crippen molar-refractivity contribution < 1.29 is 4.79 Å². The molecule has 0 aliphatic rings. The van der Waals surface area contributed by atoms with Gasteiger partial charge >= 0.3 is 0 Å². The maximum absolute atomic E-state index is 11.2. The van der Waals surface area contributed by atoms with Gasteiger partial charge in [0.05, 0.1) is 12.6 Å². The van der Waals surface area contributed by atoms with Gasteiger partial charge in [0.15, 0.2) is 0 Å². The molecule has 1 rings (SSSR count). The molecule has 17 heavy (non-hydrogen) atoms. The molecule has 4 N–H and O–H groups in total. The number of rotatable bonds is 6. The second-order valence-electron chi connectivity index (χ2n) is 4.55. The molecule has 96 valence electrons. The second kappa shape index (κ2) is 6.14. The zero-order valence-corrected chi connectivity index (χ0v) is 11.4. The van der Waals surface area contributed by atoms with Crippen LogP contribution in [0.15, 0.2) is 17.5 Å². The number of hydrogen-bond donors (Lipinski definition) is 2. The third-order valence-corrected chi connectivity index (χ3v) is 3.63. The Bertz CT molecular complexity index is 349. The van der Waals surface area contributed by atoms with Crippen molar-refractivity contribution in [2.45, 2.75) is 38.9 Å². The van der Waals surface area contributed by atoms with Crippen LogP contribution in [0.4, 0.5) is 0 Å². The summed E-state index contributed by atoms with van der Waals surface area (Å²) in [6, 6.07) is 4.27. The van der Waals surface area contributed by atoms with Crippen LogP contribution >= 0.6 is 11.3 Å². The van der Waals surface area contributed by atoms with Crippen LogP contribution in [0.2, 0.25) is 0 Å². The summed E-state index contributed by atoms with van der Waals surface area (Å²) in [6.07, 6.45) is 0. The molecule has 1 heterocycles. The van der Waals surface area contributed by atoms with Gasteiger partial charge in [-0.25, -0.2) is 0 Å². The van der Waals surface area contributed by atoms with Crippen LogP contribution in [0.1, 0.15) is 31.7 Å². The van der Waals surface area contributed by atoms with Crippen LogP contribution in [-0.2, 0) is 4.79 Å². The second-order valence-corrected chi connectivity index (χ2v) is 5.53. The van der Waals surface area contributed by atoms with Crippen molar-refractivity contribution in [1.82, 2.24) is 4.90 Å². The Hall–Kier alpha value is -0.910. The molecule has 1 aromatic heterocycles. The molecule has 0 radical (unpaired) electrons. The topological polar surface area (TPSA) is 72.3 Å². The summed E-state index contributed by atoms with van der Waals surface area (Å²) in [5, 5.41) is 2.02. The van der Waals surface area contributed by atoms with Crippen molar-refractivity contribution in [1.29, 1.82) is 0 Å². The summed E-state index contributed by atoms with van der Waals surface area (Å²) >= 11 is 1.66. The average Bonchev–Trinajstić information content (AvgIpc) is 2.68. The lowest BCUT2D eigenvalue weighted by molar-refractivity contribution is -0.120. The van der Waals surface area contributed by atoms with Gasteiger partial charge in [-0.15, -0.1) is 11.3 Å². The Morgan fingerprint density at radius 1 is 1.47 bits per heavy atom. The largest absolute Gasteiger partial charge is 0.369 e. The van der Waals surface area contributed by atoms with E-state index in [4.69, 9.17) is 11.5 Å². The summed E-state index contributed by atoms with van der Waals surface area (Å²) in [6.45, 7) is 6.29. The maximum Gasteiger partial charge on any atom is 0.231 e. The van der Waals surface area contributed by atoms with Crippen molar-refractivity contribution in [3.8, 4) is 0 Å². The van der Waals surface area contributed by atoms with E-state index in [1.54, 1.807) is 11.3 Å². The van der Waals surface area contributed by atoms with Crippen LogP contribution in [-0.4, -0.2) is 29.4 Å². The maximum atomic E-state index is 11.2. The van der Waals surface area contributed by atoms with Gasteiger partial charge in [-0.3, -0.25) is 9.69 Å². The van der Waals surface area contributed by atoms with Crippen molar-refractivity contribution >= 4 is 17.2 Å². The first-order chi connectivity index (χ1) is 7.93. The van der Waals surface area contributed by atoms with E-state index in [1.165, 1.54) is 4.88 Å². The molecule has 0 spiro atoms. The number of amides is 1. The van der Waals surface area contributed by atoms with E-state index in [9.17, 15) is 4.79 Å². The van der Waals surface area contributed by atoms with Gasteiger partial charge in [0.2, 0.25) is 5.91 Å². The zero-order chi connectivity index (χ0) is 13.0. The van der Waals surface area contributed by atoms with Crippen molar-refractivity contribution in [2.75, 3.05) is 6.54 Å². The molecule has 0 aromatic carbocycles. The van der Waals surface area contributed by atoms with Gasteiger partial charge in [-0.1, -0.05) is 6.07 Å². The predicted molar refractivity (Wildman–Crippen MR) is 71.7 cm³/mol. The first-order valence-electron chi connectivity index (χ1n) is 5.76. The highest BCUT2D eigenvalue weighted by Gasteiger charge is 2.27. The molecule has 2 atom stereocenters. The molecule has 0 fully saturated rings. The molecular weight excluding hydrogens is 234 g/mol. The normalized spacial score (nSPS) is 15.2. The Morgan fingerprint density at radius 2 is 2.12 bits per heavy atom. The van der Waals surface area contributed by atoms with Gasteiger partial charge in [-0.05, 0) is 32.2 Å². The highest BCUT2D eigenvalue weighted by Crippen LogP contribution is 2.28. The van der Waals surface area contributed by atoms with Crippen LogP contribution in [0, 0.1) is 0 Å². The SMILES string of the molecule is CC(N)C(c1cccs1)N(CC(N)=O)C(C)C. The molecular formula is C12H21N3OS. The van der Waals surface area contributed by atoms with Gasteiger partial charge in [-0.2, -0.15) is 0 Å². The van der Waals surface area contributed by atoms with Gasteiger partial charge < -0.3 is 11.5 Å². The predicted octanol–water partition coefficient (Wildman–Crippen LogP) is 1.33. The fourth-order valence-electron chi connectivity index (χ4n) is 1.97. The number of carbonyl (C=O) groups excluding carboxylic acids is 1. The average molecular weight is 255 g/mol. The molecule has 1 aromatic rings. The summed E-state index contributed by atoms with van der Waals surface area (Å²) in [5.74, 6) is -0.319. The third-order valence-electron chi connectivity index (χ3n) is 2.69. The van der Waals surface area contributed by atoms with E-state index in [0.717, 1.165) is 0 Å². The van der Waals surface area contributed by atoms with E-state index in [2.05, 4.69) is 11.0 Å². The molecule has 0 aliphatic carbocycles. The van der Waals surface area contributed by atoms with E-state index in [-0.39, 0.29) is 30.6 Å². The van der Waals surface area contributed by atoms with E-state index in [0.29, 0.717) is 0 Å². The Kier molecular flexibility index (Phi) is 5.11. The number of thiophene rings is 1. The number of hydrogen-bond acceptors (Lipinski definition) is 4. The van der Waals surface area contributed by atoms with Crippen molar-refractivity contribution in [2.24, 2.45) is 11.5 Å². The summed E-state index contributed by atoms with van der Waals surface area (Å²) < 4.78 is 0.